The van der Waals surface area contributed by atoms with Crippen molar-refractivity contribution < 1.29 is 14.3 Å². The molecule has 0 amide bonds. The molecule has 1 saturated heterocycles. The van der Waals surface area contributed by atoms with E-state index >= 15 is 0 Å². The number of allylic oxidation sites excluding steroid dienone is 1. The summed E-state index contributed by atoms with van der Waals surface area (Å²) in [5.74, 6) is 0.617. The van der Waals surface area contributed by atoms with Gasteiger partial charge in [0.05, 0.1) is 13.2 Å². The fourth-order valence-electron chi connectivity index (χ4n) is 3.17. The molecule has 4 nitrogen and oxygen atoms in total. The Kier molecular flexibility index (Phi) is 5.85. The van der Waals surface area contributed by atoms with Crippen molar-refractivity contribution in [1.82, 2.24) is 5.32 Å². The van der Waals surface area contributed by atoms with Gasteiger partial charge in [0.2, 0.25) is 0 Å². The summed E-state index contributed by atoms with van der Waals surface area (Å²) >= 11 is 0. The van der Waals surface area contributed by atoms with E-state index in [0.29, 0.717) is 11.7 Å². The van der Waals surface area contributed by atoms with E-state index in [9.17, 15) is 4.79 Å². The monoisotopic (exact) mass is 297 g/mol. The average Bonchev–Trinajstić information content (AvgIpc) is 2.44. The second-order valence-corrected chi connectivity index (χ2v) is 6.74. The van der Waals surface area contributed by atoms with Gasteiger partial charge in [-0.3, -0.25) is 0 Å². The van der Waals surface area contributed by atoms with Crippen molar-refractivity contribution in [3.05, 3.63) is 11.8 Å². The topological polar surface area (TPSA) is 47.6 Å². The number of carbonyl (C=O) groups excluding carboxylic acids is 1. The molecule has 21 heavy (non-hydrogen) atoms. The molecule has 1 N–H and O–H groups in total. The van der Waals surface area contributed by atoms with Gasteiger partial charge in [0.1, 0.15) is 11.9 Å². The van der Waals surface area contributed by atoms with Crippen LogP contribution in [0.25, 0.3) is 0 Å². The fourth-order valence-corrected chi connectivity index (χ4v) is 3.17. The Morgan fingerprint density at radius 3 is 2.43 bits per heavy atom. The van der Waals surface area contributed by atoms with Crippen LogP contribution in [0.15, 0.2) is 11.8 Å². The molecule has 122 valence electrons. The number of hydrogen-bond donors (Lipinski definition) is 1. The standard InChI is InChI=1S/C17H31NO3/c1-8-16(5)11-14(13(4)17(6,9-2)18-16)21-12(3)10-15(19)20-7/h10,13-14,18H,8-9,11H2,1-7H3/b12-10-. The second-order valence-electron chi connectivity index (χ2n) is 6.74. The maximum atomic E-state index is 11.3. The maximum absolute atomic E-state index is 11.3. The number of hydrogen-bond acceptors (Lipinski definition) is 4. The van der Waals surface area contributed by atoms with Crippen LogP contribution in [0.3, 0.4) is 0 Å². The molecule has 1 rings (SSSR count). The van der Waals surface area contributed by atoms with Crippen molar-refractivity contribution >= 4 is 5.97 Å². The van der Waals surface area contributed by atoms with Crippen molar-refractivity contribution in [2.24, 2.45) is 5.92 Å². The Morgan fingerprint density at radius 1 is 1.33 bits per heavy atom. The fraction of sp³-hybridized carbons (Fsp3) is 0.824. The molecular weight excluding hydrogens is 266 g/mol. The van der Waals surface area contributed by atoms with Crippen LogP contribution in [0, 0.1) is 5.92 Å². The van der Waals surface area contributed by atoms with Crippen molar-refractivity contribution in [2.45, 2.75) is 78.0 Å². The first-order valence-electron chi connectivity index (χ1n) is 7.92. The Hall–Kier alpha value is -1.03. The van der Waals surface area contributed by atoms with E-state index in [1.54, 1.807) is 0 Å². The molecule has 1 heterocycles. The largest absolute Gasteiger partial charge is 0.494 e. The zero-order valence-corrected chi connectivity index (χ0v) is 14.6. The summed E-state index contributed by atoms with van der Waals surface area (Å²) in [6.45, 7) is 13.0. The highest BCUT2D eigenvalue weighted by molar-refractivity contribution is 5.82. The highest BCUT2D eigenvalue weighted by Crippen LogP contribution is 2.39. The zero-order valence-electron chi connectivity index (χ0n) is 14.6. The summed E-state index contributed by atoms with van der Waals surface area (Å²) in [5, 5.41) is 3.82. The third kappa shape index (κ3) is 4.22. The van der Waals surface area contributed by atoms with E-state index in [1.807, 2.05) is 6.92 Å². The van der Waals surface area contributed by atoms with Crippen LogP contribution in [-0.4, -0.2) is 30.3 Å². The van der Waals surface area contributed by atoms with E-state index in [2.05, 4.69) is 44.7 Å². The lowest BCUT2D eigenvalue weighted by molar-refractivity contribution is -0.135. The first kappa shape index (κ1) is 18.0. The highest BCUT2D eigenvalue weighted by atomic mass is 16.5. The molecule has 0 aromatic carbocycles. The molecule has 4 heteroatoms. The van der Waals surface area contributed by atoms with Gasteiger partial charge < -0.3 is 14.8 Å². The third-order valence-electron chi connectivity index (χ3n) is 5.18. The SMILES string of the molecule is CCC1(C)CC(O/C(C)=C\C(=O)OC)C(C)C(C)(CC)N1. The van der Waals surface area contributed by atoms with E-state index < -0.39 is 0 Å². The van der Waals surface area contributed by atoms with Crippen molar-refractivity contribution in [3.63, 3.8) is 0 Å². The smallest absolute Gasteiger partial charge is 0.333 e. The second kappa shape index (κ2) is 6.82. The molecule has 0 aromatic rings. The normalized spacial score (nSPS) is 37.2. The van der Waals surface area contributed by atoms with E-state index in [1.165, 1.54) is 13.2 Å². The van der Waals surface area contributed by atoms with Gasteiger partial charge in [0.15, 0.2) is 0 Å². The molecule has 4 unspecified atom stereocenters. The third-order valence-corrected chi connectivity index (χ3v) is 5.18. The molecule has 1 aliphatic heterocycles. The lowest BCUT2D eigenvalue weighted by atomic mass is 9.70. The summed E-state index contributed by atoms with van der Waals surface area (Å²) < 4.78 is 10.7. The number of methoxy groups -OCH3 is 1. The maximum Gasteiger partial charge on any atom is 0.333 e. The summed E-state index contributed by atoms with van der Waals surface area (Å²) in [6, 6.07) is 0. The Balaban J connectivity index is 2.93. The number of ether oxygens (including phenoxy) is 2. The minimum atomic E-state index is -0.370. The average molecular weight is 297 g/mol. The Morgan fingerprint density at radius 2 is 1.95 bits per heavy atom. The van der Waals surface area contributed by atoms with Crippen LogP contribution < -0.4 is 5.32 Å². The number of nitrogens with one attached hydrogen (secondary N) is 1. The predicted octanol–water partition coefficient (Wildman–Crippen LogP) is 3.42. The van der Waals surface area contributed by atoms with Crippen LogP contribution in [0.1, 0.15) is 60.8 Å². The number of piperidine rings is 1. The number of carbonyl (C=O) groups is 1. The van der Waals surface area contributed by atoms with Crippen molar-refractivity contribution in [1.29, 1.82) is 0 Å². The minimum Gasteiger partial charge on any atom is -0.494 e. The van der Waals surface area contributed by atoms with Crippen LogP contribution in [0.2, 0.25) is 0 Å². The summed E-state index contributed by atoms with van der Waals surface area (Å²) in [4.78, 5) is 11.3. The molecule has 1 fully saturated rings. The molecular formula is C17H31NO3. The highest BCUT2D eigenvalue weighted by Gasteiger charge is 2.47. The molecule has 4 atom stereocenters. The van der Waals surface area contributed by atoms with Crippen molar-refractivity contribution in [2.75, 3.05) is 7.11 Å². The number of rotatable bonds is 5. The van der Waals surface area contributed by atoms with E-state index in [4.69, 9.17) is 4.74 Å². The molecule has 0 saturated carbocycles. The molecule has 0 bridgehead atoms. The predicted molar refractivity (Wildman–Crippen MR) is 85.0 cm³/mol. The van der Waals surface area contributed by atoms with E-state index in [0.717, 1.165) is 19.3 Å². The van der Waals surface area contributed by atoms with Crippen LogP contribution in [0.4, 0.5) is 0 Å². The molecule has 0 aliphatic carbocycles. The van der Waals surface area contributed by atoms with Gasteiger partial charge in [-0.15, -0.1) is 0 Å². The summed E-state index contributed by atoms with van der Waals surface area (Å²) in [5.41, 5.74) is 0.104. The van der Waals surface area contributed by atoms with Gasteiger partial charge in [-0.2, -0.15) is 0 Å². The van der Waals surface area contributed by atoms with Gasteiger partial charge in [0.25, 0.3) is 0 Å². The molecule has 0 spiro atoms. The van der Waals surface area contributed by atoms with Crippen LogP contribution >= 0.6 is 0 Å². The Labute approximate surface area is 129 Å². The lowest BCUT2D eigenvalue weighted by Gasteiger charge is -2.53. The molecule has 0 radical (unpaired) electrons. The van der Waals surface area contributed by atoms with Gasteiger partial charge >= 0.3 is 5.97 Å². The Bertz CT molecular complexity index is 407. The number of esters is 1. The quantitative estimate of drug-likeness (QED) is 0.480. The first-order valence-corrected chi connectivity index (χ1v) is 7.92. The molecule has 1 aliphatic rings. The van der Waals surface area contributed by atoms with Gasteiger partial charge in [-0.1, -0.05) is 20.8 Å². The van der Waals surface area contributed by atoms with Gasteiger partial charge in [-0.05, 0) is 33.6 Å². The minimum absolute atomic E-state index is 0.0409. The lowest BCUT2D eigenvalue weighted by Crippen LogP contribution is -2.66. The first-order chi connectivity index (χ1) is 9.69. The van der Waals surface area contributed by atoms with Crippen LogP contribution in [-0.2, 0) is 14.3 Å². The van der Waals surface area contributed by atoms with Gasteiger partial charge in [-0.25, -0.2) is 4.79 Å². The van der Waals surface area contributed by atoms with Crippen molar-refractivity contribution in [3.8, 4) is 0 Å². The summed E-state index contributed by atoms with van der Waals surface area (Å²) in [7, 11) is 1.38. The van der Waals surface area contributed by atoms with E-state index in [-0.39, 0.29) is 23.2 Å². The van der Waals surface area contributed by atoms with Crippen LogP contribution in [0.5, 0.6) is 0 Å². The zero-order chi connectivity index (χ0) is 16.3. The van der Waals surface area contributed by atoms with Gasteiger partial charge in [0, 0.05) is 23.4 Å². The molecule has 0 aromatic heterocycles. The summed E-state index contributed by atoms with van der Waals surface area (Å²) in [6.07, 6.45) is 4.55.